The number of ether oxygens (including phenoxy) is 1. The lowest BCUT2D eigenvalue weighted by molar-refractivity contribution is -0.146. The number of carbonyl (C=O) groups is 3. The predicted octanol–water partition coefficient (Wildman–Crippen LogP) is 4.88. The fourth-order valence-corrected chi connectivity index (χ4v) is 4.61. The van der Waals surface area contributed by atoms with Gasteiger partial charge in [-0.3, -0.25) is 14.4 Å². The van der Waals surface area contributed by atoms with Gasteiger partial charge in [0.1, 0.15) is 18.1 Å². The highest BCUT2D eigenvalue weighted by Crippen LogP contribution is 2.40. The number of aryl methyl sites for hydroxylation is 2. The van der Waals surface area contributed by atoms with Gasteiger partial charge in [-0.1, -0.05) is 24.3 Å². The van der Waals surface area contributed by atoms with Crippen molar-refractivity contribution in [1.82, 2.24) is 10.0 Å². The van der Waals surface area contributed by atoms with Gasteiger partial charge in [0.05, 0.1) is 16.5 Å². The largest absolute Gasteiger partial charge is 0.488 e. The molecule has 1 aliphatic rings. The predicted molar refractivity (Wildman–Crippen MR) is 133 cm³/mol. The zero-order valence-corrected chi connectivity index (χ0v) is 19.7. The van der Waals surface area contributed by atoms with E-state index in [9.17, 15) is 14.4 Å². The average molecular weight is 469 g/mol. The number of nitrogens with zero attached hydrogens (tertiary/aromatic N) is 1. The molecule has 4 aromatic rings. The summed E-state index contributed by atoms with van der Waals surface area (Å²) in [6, 6.07) is 16.8. The summed E-state index contributed by atoms with van der Waals surface area (Å²) in [5.41, 5.74) is 6.91. The van der Waals surface area contributed by atoms with Crippen molar-refractivity contribution in [3.8, 4) is 5.75 Å². The maximum Gasteiger partial charge on any atom is 0.329 e. The fraction of sp³-hybridized carbons (Fsp3) is 0.179. The number of hydrogen-bond acceptors (Lipinski definition) is 6. The molecule has 35 heavy (non-hydrogen) atoms. The molecule has 1 aromatic heterocycles. The third-order valence-corrected chi connectivity index (χ3v) is 6.26. The van der Waals surface area contributed by atoms with Crippen molar-refractivity contribution in [2.45, 2.75) is 27.3 Å². The Morgan fingerprint density at radius 3 is 2.60 bits per heavy atom. The van der Waals surface area contributed by atoms with Gasteiger partial charge in [0.2, 0.25) is 5.78 Å². The lowest BCUT2D eigenvalue weighted by atomic mass is 9.97. The second-order valence-corrected chi connectivity index (χ2v) is 8.41. The molecule has 0 unspecified atom stereocenters. The molecule has 0 atom stereocenters. The number of carbonyl (C=O) groups excluding carboxylic acids is 3. The second kappa shape index (κ2) is 8.76. The summed E-state index contributed by atoms with van der Waals surface area (Å²) in [4.78, 5) is 42.6. The van der Waals surface area contributed by atoms with Gasteiger partial charge in [-0.25, -0.2) is 5.48 Å². The van der Waals surface area contributed by atoms with Crippen LogP contribution in [-0.2, 0) is 16.2 Å². The number of benzene rings is 3. The Labute approximate surface area is 201 Å². The van der Waals surface area contributed by atoms with Crippen molar-refractivity contribution in [3.05, 3.63) is 88.6 Å². The standard InChI is InChI=1S/C28H24N2O5/c1-4-30-23-11-9-18(26(32)19-8-6-5-7-16(19)2)15-21(23)25-24(30)12-10-20-27(33)22(29-35-17(3)31)13-14-34-28(20)25/h5-13,15,29H,4,14H2,1-3H3. The van der Waals surface area contributed by atoms with Crippen LogP contribution in [0, 0.1) is 6.92 Å². The van der Waals surface area contributed by atoms with Crippen LogP contribution in [0.5, 0.6) is 5.75 Å². The van der Waals surface area contributed by atoms with Crippen molar-refractivity contribution in [2.75, 3.05) is 6.61 Å². The Balaban J connectivity index is 1.69. The lowest BCUT2D eigenvalue weighted by Gasteiger charge is -2.10. The van der Waals surface area contributed by atoms with Crippen LogP contribution >= 0.6 is 0 Å². The summed E-state index contributed by atoms with van der Waals surface area (Å²) < 4.78 is 8.20. The van der Waals surface area contributed by atoms with E-state index in [1.807, 2.05) is 62.4 Å². The minimum Gasteiger partial charge on any atom is -0.488 e. The van der Waals surface area contributed by atoms with Crippen LogP contribution in [0.25, 0.3) is 21.8 Å². The first-order valence-corrected chi connectivity index (χ1v) is 11.4. The Hall–Kier alpha value is -4.39. The molecule has 0 amide bonds. The average Bonchev–Trinajstić information content (AvgIpc) is 3.08. The molecule has 0 fully saturated rings. The van der Waals surface area contributed by atoms with E-state index in [0.29, 0.717) is 29.0 Å². The number of rotatable bonds is 5. The molecule has 0 saturated heterocycles. The molecule has 1 N–H and O–H groups in total. The van der Waals surface area contributed by atoms with Gasteiger partial charge in [-0.05, 0) is 55.8 Å². The van der Waals surface area contributed by atoms with Crippen LogP contribution in [0.1, 0.15) is 45.7 Å². The number of fused-ring (bicyclic) bond motifs is 5. The second-order valence-electron chi connectivity index (χ2n) is 8.41. The Morgan fingerprint density at radius 1 is 1.09 bits per heavy atom. The van der Waals surface area contributed by atoms with Gasteiger partial charge < -0.3 is 14.1 Å². The molecule has 0 spiro atoms. The Bertz CT molecular complexity index is 1560. The minimum atomic E-state index is -0.559. The van der Waals surface area contributed by atoms with Crippen LogP contribution in [0.4, 0.5) is 0 Å². The van der Waals surface area contributed by atoms with Gasteiger partial charge in [0, 0.05) is 35.5 Å². The summed E-state index contributed by atoms with van der Waals surface area (Å²) in [7, 11) is 0. The highest BCUT2D eigenvalue weighted by molar-refractivity contribution is 6.20. The summed E-state index contributed by atoms with van der Waals surface area (Å²) >= 11 is 0. The highest BCUT2D eigenvalue weighted by atomic mass is 16.7. The van der Waals surface area contributed by atoms with E-state index in [1.165, 1.54) is 6.92 Å². The van der Waals surface area contributed by atoms with Crippen molar-refractivity contribution in [3.63, 3.8) is 0 Å². The molecule has 176 valence electrons. The number of allylic oxidation sites excluding steroid dienone is 1. The van der Waals surface area contributed by atoms with Crippen molar-refractivity contribution < 1.29 is 24.0 Å². The molecule has 2 heterocycles. The zero-order valence-electron chi connectivity index (χ0n) is 19.7. The molecule has 3 aromatic carbocycles. The number of aromatic nitrogens is 1. The fourth-order valence-electron chi connectivity index (χ4n) is 4.61. The number of hydrogen-bond donors (Lipinski definition) is 1. The molecule has 7 heteroatoms. The number of Topliss-reactive ketones (excluding diaryl/α,β-unsaturated/α-hetero) is 1. The molecule has 1 aliphatic heterocycles. The summed E-state index contributed by atoms with van der Waals surface area (Å²) in [5, 5.41) is 1.61. The number of ketones is 2. The van der Waals surface area contributed by atoms with E-state index >= 15 is 0 Å². The molecule has 0 bridgehead atoms. The normalized spacial score (nSPS) is 13.1. The topological polar surface area (TPSA) is 86.6 Å². The highest BCUT2D eigenvalue weighted by Gasteiger charge is 2.26. The van der Waals surface area contributed by atoms with E-state index in [1.54, 1.807) is 12.1 Å². The van der Waals surface area contributed by atoms with Gasteiger partial charge in [-0.2, -0.15) is 0 Å². The SMILES string of the molecule is CCn1c2ccc(C(=O)c3ccccc3C)cc2c2c3c(ccc21)C(=O)C(NOC(C)=O)=CCO3. The van der Waals surface area contributed by atoms with Crippen LogP contribution in [0.2, 0.25) is 0 Å². The third-order valence-electron chi connectivity index (χ3n) is 6.26. The molecule has 0 aliphatic carbocycles. The first-order valence-electron chi connectivity index (χ1n) is 11.4. The van der Waals surface area contributed by atoms with Crippen molar-refractivity contribution in [2.24, 2.45) is 0 Å². The first kappa shape index (κ1) is 22.4. The quantitative estimate of drug-likeness (QED) is 0.332. The summed E-state index contributed by atoms with van der Waals surface area (Å²) in [5.74, 6) is -0.515. The van der Waals surface area contributed by atoms with Gasteiger partial charge in [0.15, 0.2) is 5.78 Å². The molecule has 5 rings (SSSR count). The van der Waals surface area contributed by atoms with Crippen molar-refractivity contribution in [1.29, 1.82) is 0 Å². The third kappa shape index (κ3) is 3.75. The van der Waals surface area contributed by atoms with E-state index < -0.39 is 5.97 Å². The van der Waals surface area contributed by atoms with E-state index in [4.69, 9.17) is 9.57 Å². The maximum absolute atomic E-state index is 13.3. The summed E-state index contributed by atoms with van der Waals surface area (Å²) in [6.07, 6.45) is 1.54. The molecule has 7 nitrogen and oxygen atoms in total. The smallest absolute Gasteiger partial charge is 0.329 e. The number of hydroxylamine groups is 1. The maximum atomic E-state index is 13.3. The minimum absolute atomic E-state index is 0.0593. The summed E-state index contributed by atoms with van der Waals surface area (Å²) in [6.45, 7) is 6.03. The number of nitrogens with one attached hydrogen (secondary N) is 1. The van der Waals surface area contributed by atoms with E-state index in [-0.39, 0.29) is 23.9 Å². The van der Waals surface area contributed by atoms with Crippen LogP contribution in [0.3, 0.4) is 0 Å². The molecule has 0 radical (unpaired) electrons. The van der Waals surface area contributed by atoms with Gasteiger partial charge in [-0.15, -0.1) is 0 Å². The van der Waals surface area contributed by atoms with Crippen molar-refractivity contribution >= 4 is 39.3 Å². The van der Waals surface area contributed by atoms with E-state index in [2.05, 4.69) is 10.0 Å². The van der Waals surface area contributed by atoms with E-state index in [0.717, 1.165) is 27.4 Å². The lowest BCUT2D eigenvalue weighted by Crippen LogP contribution is -2.23. The zero-order chi connectivity index (χ0) is 24.7. The first-order chi connectivity index (χ1) is 16.9. The molecule has 0 saturated carbocycles. The monoisotopic (exact) mass is 468 g/mol. The van der Waals surface area contributed by atoms with Gasteiger partial charge in [0.25, 0.3) is 0 Å². The Kier molecular flexibility index (Phi) is 5.61. The van der Waals surface area contributed by atoms with Crippen LogP contribution in [0.15, 0.2) is 66.4 Å². The van der Waals surface area contributed by atoms with Crippen LogP contribution < -0.4 is 10.2 Å². The van der Waals surface area contributed by atoms with Gasteiger partial charge >= 0.3 is 5.97 Å². The molecular formula is C28H24N2O5. The molecular weight excluding hydrogens is 444 g/mol. The van der Waals surface area contributed by atoms with Crippen LogP contribution in [-0.4, -0.2) is 28.7 Å². The Morgan fingerprint density at radius 2 is 1.86 bits per heavy atom.